The molecule has 0 radical (unpaired) electrons. The molecular formula is C22H33N7O. The summed E-state index contributed by atoms with van der Waals surface area (Å²) in [5.41, 5.74) is 3.14. The highest BCUT2D eigenvalue weighted by molar-refractivity contribution is 5.76. The maximum Gasteiger partial charge on any atom is 0.222 e. The Labute approximate surface area is 178 Å². The van der Waals surface area contributed by atoms with Crippen LogP contribution < -0.4 is 4.90 Å². The Morgan fingerprint density at radius 2 is 1.63 bits per heavy atom. The summed E-state index contributed by atoms with van der Waals surface area (Å²) < 4.78 is 1.86. The number of anilines is 1. The van der Waals surface area contributed by atoms with Gasteiger partial charge in [-0.3, -0.25) is 4.79 Å². The number of carbonyl (C=O) groups is 1. The van der Waals surface area contributed by atoms with Gasteiger partial charge < -0.3 is 14.7 Å². The van der Waals surface area contributed by atoms with Crippen molar-refractivity contribution < 1.29 is 4.79 Å². The molecule has 4 rings (SSSR count). The molecule has 162 valence electrons. The number of hydrogen-bond acceptors (Lipinski definition) is 6. The normalized spacial score (nSPS) is 17.7. The zero-order chi connectivity index (χ0) is 21.1. The molecule has 2 aliphatic rings. The summed E-state index contributed by atoms with van der Waals surface area (Å²) in [5.74, 6) is 1.91. The summed E-state index contributed by atoms with van der Waals surface area (Å²) in [4.78, 5) is 19.3. The van der Waals surface area contributed by atoms with Crippen LogP contribution in [0.5, 0.6) is 0 Å². The first-order valence-corrected chi connectivity index (χ1v) is 11.2. The van der Waals surface area contributed by atoms with E-state index in [0.29, 0.717) is 12.8 Å². The van der Waals surface area contributed by atoms with Crippen LogP contribution in [0.4, 0.5) is 5.82 Å². The van der Waals surface area contributed by atoms with Gasteiger partial charge in [-0.05, 0) is 57.4 Å². The third kappa shape index (κ3) is 4.33. The number of likely N-dealkylation sites (N-methyl/N-ethyl adjacent to an activating group) is 1. The van der Waals surface area contributed by atoms with E-state index in [1.54, 1.807) is 0 Å². The third-order valence-electron chi connectivity index (χ3n) is 6.49. The molecule has 30 heavy (non-hydrogen) atoms. The van der Waals surface area contributed by atoms with Crippen LogP contribution in [0, 0.1) is 13.8 Å². The SMILES string of the molecule is CCN1CCN(C(=O)CCc2c(C)nn(-c3ccc(N4CCCC4)nn3)c2C)CC1. The van der Waals surface area contributed by atoms with Crippen LogP contribution in [-0.2, 0) is 11.2 Å². The summed E-state index contributed by atoms with van der Waals surface area (Å²) in [6.45, 7) is 13.0. The van der Waals surface area contributed by atoms with Crippen molar-refractivity contribution in [2.45, 2.75) is 46.5 Å². The van der Waals surface area contributed by atoms with E-state index >= 15 is 0 Å². The molecule has 8 heteroatoms. The van der Waals surface area contributed by atoms with Crippen LogP contribution in [0.15, 0.2) is 12.1 Å². The number of amides is 1. The van der Waals surface area contributed by atoms with Crippen molar-refractivity contribution in [1.29, 1.82) is 0 Å². The minimum atomic E-state index is 0.243. The lowest BCUT2D eigenvalue weighted by Crippen LogP contribution is -2.48. The topological polar surface area (TPSA) is 70.4 Å². The minimum absolute atomic E-state index is 0.243. The Morgan fingerprint density at radius 1 is 0.967 bits per heavy atom. The van der Waals surface area contributed by atoms with Gasteiger partial charge in [0, 0.05) is 51.4 Å². The second-order valence-corrected chi connectivity index (χ2v) is 8.32. The molecule has 1 amide bonds. The van der Waals surface area contributed by atoms with Crippen molar-refractivity contribution in [2.24, 2.45) is 0 Å². The molecule has 2 aliphatic heterocycles. The van der Waals surface area contributed by atoms with E-state index < -0.39 is 0 Å². The number of piperazine rings is 1. The molecule has 0 spiro atoms. The number of aromatic nitrogens is 4. The van der Waals surface area contributed by atoms with E-state index in [1.807, 2.05) is 28.6 Å². The van der Waals surface area contributed by atoms with Crippen molar-refractivity contribution in [1.82, 2.24) is 29.8 Å². The van der Waals surface area contributed by atoms with Gasteiger partial charge in [0.05, 0.1) is 5.69 Å². The van der Waals surface area contributed by atoms with E-state index in [4.69, 9.17) is 0 Å². The maximum absolute atomic E-state index is 12.7. The quantitative estimate of drug-likeness (QED) is 0.724. The van der Waals surface area contributed by atoms with Gasteiger partial charge in [0.25, 0.3) is 0 Å². The predicted octanol–water partition coefficient (Wildman–Crippen LogP) is 1.98. The molecule has 2 aromatic heterocycles. The molecule has 2 fully saturated rings. The van der Waals surface area contributed by atoms with Crippen molar-refractivity contribution in [3.8, 4) is 5.82 Å². The smallest absolute Gasteiger partial charge is 0.222 e. The van der Waals surface area contributed by atoms with Gasteiger partial charge in [0.2, 0.25) is 5.91 Å². The molecular weight excluding hydrogens is 378 g/mol. The van der Waals surface area contributed by atoms with Gasteiger partial charge in [-0.2, -0.15) is 5.10 Å². The van der Waals surface area contributed by atoms with E-state index in [-0.39, 0.29) is 5.91 Å². The highest BCUT2D eigenvalue weighted by Gasteiger charge is 2.22. The first kappa shape index (κ1) is 20.8. The van der Waals surface area contributed by atoms with Crippen LogP contribution in [-0.4, -0.2) is 81.5 Å². The average Bonchev–Trinajstić information content (AvgIpc) is 3.41. The predicted molar refractivity (Wildman–Crippen MR) is 117 cm³/mol. The van der Waals surface area contributed by atoms with Crippen LogP contribution in [0.1, 0.15) is 43.1 Å². The van der Waals surface area contributed by atoms with Crippen molar-refractivity contribution in [3.05, 3.63) is 29.1 Å². The highest BCUT2D eigenvalue weighted by Crippen LogP contribution is 2.21. The molecule has 2 aromatic rings. The maximum atomic E-state index is 12.7. The Morgan fingerprint density at radius 3 is 2.27 bits per heavy atom. The van der Waals surface area contributed by atoms with E-state index in [2.05, 4.69) is 38.9 Å². The molecule has 0 bridgehead atoms. The molecule has 0 atom stereocenters. The standard InChI is InChI=1S/C22H33N7O/c1-4-26-13-15-28(16-14-26)22(30)10-7-19-17(2)25-29(18(19)3)21-9-8-20(23-24-21)27-11-5-6-12-27/h8-9H,4-7,10-16H2,1-3H3. The van der Waals surface area contributed by atoms with Crippen LogP contribution in [0.2, 0.25) is 0 Å². The highest BCUT2D eigenvalue weighted by atomic mass is 16.2. The summed E-state index contributed by atoms with van der Waals surface area (Å²) in [7, 11) is 0. The third-order valence-corrected chi connectivity index (χ3v) is 6.49. The van der Waals surface area contributed by atoms with Gasteiger partial charge in [-0.25, -0.2) is 4.68 Å². The zero-order valence-corrected chi connectivity index (χ0v) is 18.5. The summed E-state index contributed by atoms with van der Waals surface area (Å²) in [6, 6.07) is 4.02. The minimum Gasteiger partial charge on any atom is -0.355 e. The Balaban J connectivity index is 1.40. The first-order chi connectivity index (χ1) is 14.6. The van der Waals surface area contributed by atoms with Crippen LogP contribution in [0.3, 0.4) is 0 Å². The monoisotopic (exact) mass is 411 g/mol. The molecule has 8 nitrogen and oxygen atoms in total. The number of nitrogens with zero attached hydrogens (tertiary/aromatic N) is 7. The molecule has 0 N–H and O–H groups in total. The Hall–Kier alpha value is -2.48. The van der Waals surface area contributed by atoms with Gasteiger partial charge in [0.15, 0.2) is 11.6 Å². The van der Waals surface area contributed by atoms with Gasteiger partial charge in [-0.1, -0.05) is 6.92 Å². The zero-order valence-electron chi connectivity index (χ0n) is 18.5. The molecule has 0 unspecified atom stereocenters. The lowest BCUT2D eigenvalue weighted by molar-refractivity contribution is -0.132. The van der Waals surface area contributed by atoms with Gasteiger partial charge >= 0.3 is 0 Å². The fourth-order valence-corrected chi connectivity index (χ4v) is 4.51. The fourth-order valence-electron chi connectivity index (χ4n) is 4.51. The average molecular weight is 412 g/mol. The summed E-state index contributed by atoms with van der Waals surface area (Å²) >= 11 is 0. The van der Waals surface area contributed by atoms with Crippen molar-refractivity contribution in [2.75, 3.05) is 50.7 Å². The number of carbonyl (C=O) groups excluding carboxylic acids is 1. The van der Waals surface area contributed by atoms with E-state index in [9.17, 15) is 4.79 Å². The number of aryl methyl sites for hydroxylation is 1. The Kier molecular flexibility index (Phi) is 6.32. The first-order valence-electron chi connectivity index (χ1n) is 11.2. The number of hydrogen-bond donors (Lipinski definition) is 0. The van der Waals surface area contributed by atoms with Gasteiger partial charge in [-0.15, -0.1) is 10.2 Å². The lowest BCUT2D eigenvalue weighted by atomic mass is 10.1. The van der Waals surface area contributed by atoms with E-state index in [1.165, 1.54) is 12.8 Å². The van der Waals surface area contributed by atoms with E-state index in [0.717, 1.165) is 74.4 Å². The largest absolute Gasteiger partial charge is 0.355 e. The number of rotatable bonds is 6. The van der Waals surface area contributed by atoms with Crippen LogP contribution in [0.25, 0.3) is 5.82 Å². The molecule has 0 aliphatic carbocycles. The van der Waals surface area contributed by atoms with Crippen LogP contribution >= 0.6 is 0 Å². The molecule has 4 heterocycles. The van der Waals surface area contributed by atoms with Gasteiger partial charge in [0.1, 0.15) is 0 Å². The fraction of sp³-hybridized carbons (Fsp3) is 0.636. The summed E-state index contributed by atoms with van der Waals surface area (Å²) in [6.07, 6.45) is 3.68. The molecule has 2 saturated heterocycles. The van der Waals surface area contributed by atoms with Crippen molar-refractivity contribution in [3.63, 3.8) is 0 Å². The Bertz CT molecular complexity index is 862. The molecule has 0 saturated carbocycles. The van der Waals surface area contributed by atoms with Crippen molar-refractivity contribution >= 4 is 11.7 Å². The lowest BCUT2D eigenvalue weighted by Gasteiger charge is -2.34. The molecule has 0 aromatic carbocycles. The summed E-state index contributed by atoms with van der Waals surface area (Å²) in [5, 5.41) is 13.5. The second-order valence-electron chi connectivity index (χ2n) is 8.32. The second kappa shape index (κ2) is 9.12.